The summed E-state index contributed by atoms with van der Waals surface area (Å²) in [6.07, 6.45) is 0. The molecule has 0 aliphatic carbocycles. The first-order chi connectivity index (χ1) is 14.4. The van der Waals surface area contributed by atoms with Gasteiger partial charge in [0, 0.05) is 4.90 Å². The van der Waals surface area contributed by atoms with Gasteiger partial charge >= 0.3 is 0 Å². The van der Waals surface area contributed by atoms with E-state index < -0.39 is 0 Å². The first kappa shape index (κ1) is 20.2. The molecule has 2 amide bonds. The molecule has 3 aromatic carbocycles. The van der Waals surface area contributed by atoms with Gasteiger partial charge in [-0.15, -0.1) is 0 Å². The second-order valence-corrected chi connectivity index (χ2v) is 8.72. The van der Waals surface area contributed by atoms with Crippen LogP contribution in [0.3, 0.4) is 0 Å². The van der Waals surface area contributed by atoms with Crippen molar-refractivity contribution in [1.82, 2.24) is 0 Å². The van der Waals surface area contributed by atoms with Gasteiger partial charge in [-0.2, -0.15) is 0 Å². The molecule has 0 N–H and O–H groups in total. The average molecular weight is 414 g/mol. The number of nitrogens with zero attached hydrogens (tertiary/aromatic N) is 1. The molecule has 4 rings (SSSR count). The highest BCUT2D eigenvalue weighted by Crippen LogP contribution is 2.41. The molecule has 1 heterocycles. The van der Waals surface area contributed by atoms with E-state index in [4.69, 9.17) is 0 Å². The molecule has 4 heteroatoms. The monoisotopic (exact) mass is 413 g/mol. The van der Waals surface area contributed by atoms with E-state index in [0.29, 0.717) is 16.2 Å². The summed E-state index contributed by atoms with van der Waals surface area (Å²) in [5.41, 5.74) is 6.27. The average Bonchev–Trinajstić information content (AvgIpc) is 2.97. The number of imide groups is 1. The molecule has 0 spiro atoms. The lowest BCUT2D eigenvalue weighted by molar-refractivity contribution is -0.119. The Hall–Kier alpha value is -3.11. The number of carbonyl (C=O) groups excluding carboxylic acids is 2. The fourth-order valence-electron chi connectivity index (χ4n) is 3.46. The van der Waals surface area contributed by atoms with Crippen LogP contribution in [0.1, 0.15) is 27.8 Å². The van der Waals surface area contributed by atoms with Gasteiger partial charge in [-0.05, 0) is 79.8 Å². The van der Waals surface area contributed by atoms with Gasteiger partial charge in [0.1, 0.15) is 0 Å². The van der Waals surface area contributed by atoms with Crippen molar-refractivity contribution in [2.24, 2.45) is 0 Å². The standard InChI is InChI=1S/C26H23NO2S/c1-16-10-12-20(14-18(16)3)23-24(30-22-8-6-5-7-9-22)26(29)27(25(23)28)21-13-11-17(2)19(4)15-21/h5-15H,1-4H3. The van der Waals surface area contributed by atoms with Crippen LogP contribution in [-0.4, -0.2) is 11.8 Å². The van der Waals surface area contributed by atoms with E-state index in [-0.39, 0.29) is 11.8 Å². The van der Waals surface area contributed by atoms with Crippen LogP contribution in [-0.2, 0) is 9.59 Å². The summed E-state index contributed by atoms with van der Waals surface area (Å²) >= 11 is 1.35. The van der Waals surface area contributed by atoms with Gasteiger partial charge < -0.3 is 0 Å². The Morgan fingerprint density at radius 3 is 1.93 bits per heavy atom. The van der Waals surface area contributed by atoms with E-state index in [1.807, 2.05) is 94.4 Å². The van der Waals surface area contributed by atoms with Crippen molar-refractivity contribution in [3.8, 4) is 0 Å². The molecule has 0 fully saturated rings. The van der Waals surface area contributed by atoms with Crippen molar-refractivity contribution in [1.29, 1.82) is 0 Å². The first-order valence-electron chi connectivity index (χ1n) is 9.87. The Balaban J connectivity index is 1.85. The lowest BCUT2D eigenvalue weighted by atomic mass is 10.0. The number of hydrogen-bond acceptors (Lipinski definition) is 3. The number of aryl methyl sites for hydroxylation is 4. The van der Waals surface area contributed by atoms with Crippen molar-refractivity contribution in [3.05, 3.63) is 99.5 Å². The number of hydrogen-bond donors (Lipinski definition) is 0. The largest absolute Gasteiger partial charge is 0.272 e. The Bertz CT molecular complexity index is 1190. The number of amides is 2. The van der Waals surface area contributed by atoms with Crippen LogP contribution in [0.5, 0.6) is 0 Å². The zero-order chi connectivity index (χ0) is 21.4. The predicted molar refractivity (Wildman–Crippen MR) is 124 cm³/mol. The second-order valence-electron chi connectivity index (χ2n) is 7.63. The van der Waals surface area contributed by atoms with Gasteiger partial charge in [-0.25, -0.2) is 4.90 Å². The topological polar surface area (TPSA) is 37.4 Å². The molecule has 0 saturated heterocycles. The molecular weight excluding hydrogens is 390 g/mol. The maximum absolute atomic E-state index is 13.5. The summed E-state index contributed by atoms with van der Waals surface area (Å²) in [7, 11) is 0. The van der Waals surface area contributed by atoms with Gasteiger partial charge in [0.25, 0.3) is 11.8 Å². The minimum Gasteiger partial charge on any atom is -0.268 e. The number of carbonyl (C=O) groups is 2. The van der Waals surface area contributed by atoms with Gasteiger partial charge in [-0.1, -0.05) is 54.2 Å². The fourth-order valence-corrected chi connectivity index (χ4v) is 4.48. The van der Waals surface area contributed by atoms with Crippen LogP contribution in [0.25, 0.3) is 5.57 Å². The highest BCUT2D eigenvalue weighted by Gasteiger charge is 2.40. The molecule has 0 bridgehead atoms. The highest BCUT2D eigenvalue weighted by molar-refractivity contribution is 8.04. The zero-order valence-corrected chi connectivity index (χ0v) is 18.3. The smallest absolute Gasteiger partial charge is 0.268 e. The van der Waals surface area contributed by atoms with Gasteiger partial charge in [0.15, 0.2) is 0 Å². The van der Waals surface area contributed by atoms with Crippen LogP contribution in [0, 0.1) is 27.7 Å². The minimum atomic E-state index is -0.273. The van der Waals surface area contributed by atoms with Crippen LogP contribution >= 0.6 is 11.8 Å². The molecule has 1 aliphatic heterocycles. The second kappa shape index (κ2) is 7.96. The third-order valence-electron chi connectivity index (χ3n) is 5.55. The maximum Gasteiger partial charge on any atom is 0.272 e. The summed E-state index contributed by atoms with van der Waals surface area (Å²) in [6.45, 7) is 8.06. The molecule has 0 unspecified atom stereocenters. The molecule has 1 aliphatic rings. The van der Waals surface area contributed by atoms with E-state index >= 15 is 0 Å². The van der Waals surface area contributed by atoms with Crippen LogP contribution in [0.4, 0.5) is 5.69 Å². The normalized spacial score (nSPS) is 14.1. The lowest BCUT2D eigenvalue weighted by Crippen LogP contribution is -2.31. The molecule has 0 atom stereocenters. The van der Waals surface area contributed by atoms with E-state index in [2.05, 4.69) is 0 Å². The molecule has 0 radical (unpaired) electrons. The van der Waals surface area contributed by atoms with E-state index in [1.165, 1.54) is 16.7 Å². The third-order valence-corrected chi connectivity index (χ3v) is 6.64. The van der Waals surface area contributed by atoms with Crippen molar-refractivity contribution < 1.29 is 9.59 Å². The first-order valence-corrected chi connectivity index (χ1v) is 10.7. The third kappa shape index (κ3) is 3.59. The van der Waals surface area contributed by atoms with Gasteiger partial charge in [0.05, 0.1) is 16.2 Å². The van der Waals surface area contributed by atoms with Crippen LogP contribution in [0.2, 0.25) is 0 Å². The predicted octanol–water partition coefficient (Wildman–Crippen LogP) is 6.00. The SMILES string of the molecule is Cc1ccc(C2=C(Sc3ccccc3)C(=O)N(c3ccc(C)c(C)c3)C2=O)cc1C. The molecule has 0 saturated carbocycles. The van der Waals surface area contributed by atoms with Gasteiger partial charge in [0.2, 0.25) is 0 Å². The Morgan fingerprint density at radius 2 is 1.30 bits per heavy atom. The van der Waals surface area contributed by atoms with E-state index in [9.17, 15) is 9.59 Å². The summed E-state index contributed by atoms with van der Waals surface area (Å²) in [5.74, 6) is -0.546. The molecular formula is C26H23NO2S. The van der Waals surface area contributed by atoms with Crippen LogP contribution < -0.4 is 4.90 Å². The Morgan fingerprint density at radius 1 is 0.667 bits per heavy atom. The highest BCUT2D eigenvalue weighted by atomic mass is 32.2. The Labute approximate surface area is 181 Å². The van der Waals surface area contributed by atoms with Crippen molar-refractivity contribution >= 4 is 34.8 Å². The Kier molecular flexibility index (Phi) is 5.35. The van der Waals surface area contributed by atoms with Crippen molar-refractivity contribution in [3.63, 3.8) is 0 Å². The lowest BCUT2D eigenvalue weighted by Gasteiger charge is -2.16. The maximum atomic E-state index is 13.5. The molecule has 0 aromatic heterocycles. The number of thioether (sulfide) groups is 1. The molecule has 3 nitrogen and oxygen atoms in total. The van der Waals surface area contributed by atoms with E-state index in [1.54, 1.807) is 0 Å². The van der Waals surface area contributed by atoms with E-state index in [0.717, 1.165) is 32.7 Å². The number of rotatable bonds is 4. The number of anilines is 1. The van der Waals surface area contributed by atoms with Crippen LogP contribution in [0.15, 0.2) is 76.5 Å². The number of benzene rings is 3. The summed E-state index contributed by atoms with van der Waals surface area (Å²) in [6, 6.07) is 21.3. The zero-order valence-electron chi connectivity index (χ0n) is 17.5. The molecule has 30 heavy (non-hydrogen) atoms. The summed E-state index contributed by atoms with van der Waals surface area (Å²) < 4.78 is 0. The molecule has 3 aromatic rings. The summed E-state index contributed by atoms with van der Waals surface area (Å²) in [5, 5.41) is 0. The summed E-state index contributed by atoms with van der Waals surface area (Å²) in [4.78, 5) is 29.7. The quantitative estimate of drug-likeness (QED) is 0.493. The molecule has 150 valence electrons. The minimum absolute atomic E-state index is 0.273. The fraction of sp³-hybridized carbons (Fsp3) is 0.154. The van der Waals surface area contributed by atoms with Crippen molar-refractivity contribution in [2.45, 2.75) is 32.6 Å². The van der Waals surface area contributed by atoms with Crippen molar-refractivity contribution in [2.75, 3.05) is 4.90 Å². The van der Waals surface area contributed by atoms with Gasteiger partial charge in [-0.3, -0.25) is 9.59 Å².